The number of benzene rings is 3. The van der Waals surface area contributed by atoms with Crippen molar-refractivity contribution >= 4 is 22.5 Å². The van der Waals surface area contributed by atoms with Crippen molar-refractivity contribution in [2.45, 2.75) is 12.7 Å². The van der Waals surface area contributed by atoms with Crippen molar-refractivity contribution in [2.75, 3.05) is 0 Å². The van der Waals surface area contributed by atoms with Crippen molar-refractivity contribution in [3.8, 4) is 17.3 Å². The monoisotopic (exact) mass is 457 g/mol. The summed E-state index contributed by atoms with van der Waals surface area (Å²) in [5.41, 5.74) is -1.45. The highest BCUT2D eigenvalue weighted by Gasteiger charge is 2.34. The maximum absolute atomic E-state index is 14.5. The van der Waals surface area contributed by atoms with E-state index in [1.807, 2.05) is 6.07 Å². The van der Waals surface area contributed by atoms with E-state index in [0.717, 1.165) is 18.2 Å². The molecule has 0 aliphatic rings. The fourth-order valence-corrected chi connectivity index (χ4v) is 3.70. The Kier molecular flexibility index (Phi) is 5.45. The van der Waals surface area contributed by atoms with Gasteiger partial charge in [0.25, 0.3) is 0 Å². The number of hydrogen-bond acceptors (Lipinski definition) is 3. The molecule has 0 spiro atoms. The first kappa shape index (κ1) is 21.5. The molecule has 0 radical (unpaired) electrons. The molecule has 0 saturated heterocycles. The Labute approximate surface area is 183 Å². The maximum Gasteiger partial charge on any atom is 0.417 e. The van der Waals surface area contributed by atoms with Crippen LogP contribution in [0.4, 0.5) is 17.6 Å². The number of nitrogens with zero attached hydrogens (tertiary/aromatic N) is 3. The fourth-order valence-electron chi connectivity index (χ4n) is 3.38. The molecule has 4 rings (SSSR count). The highest BCUT2D eigenvalue weighted by molar-refractivity contribution is 6.34. The molecule has 3 aromatic carbocycles. The van der Waals surface area contributed by atoms with Gasteiger partial charge in [-0.15, -0.1) is 0 Å². The smallest absolute Gasteiger partial charge is 0.287 e. The Balaban J connectivity index is 1.95. The van der Waals surface area contributed by atoms with Crippen LogP contribution in [0.1, 0.15) is 16.7 Å². The molecule has 0 fully saturated rings. The van der Waals surface area contributed by atoms with E-state index in [0.29, 0.717) is 5.52 Å². The van der Waals surface area contributed by atoms with Gasteiger partial charge in [-0.3, -0.25) is 9.48 Å². The number of nitriles is 1. The highest BCUT2D eigenvalue weighted by Crippen LogP contribution is 2.38. The van der Waals surface area contributed by atoms with Gasteiger partial charge in [-0.25, -0.2) is 4.39 Å². The van der Waals surface area contributed by atoms with E-state index in [9.17, 15) is 22.4 Å². The van der Waals surface area contributed by atoms with E-state index >= 15 is 0 Å². The van der Waals surface area contributed by atoms with Crippen LogP contribution in [-0.4, -0.2) is 9.78 Å². The van der Waals surface area contributed by atoms with Gasteiger partial charge in [0.05, 0.1) is 34.3 Å². The predicted molar refractivity (Wildman–Crippen MR) is 112 cm³/mol. The van der Waals surface area contributed by atoms with Gasteiger partial charge in [0.15, 0.2) is 0 Å². The van der Waals surface area contributed by atoms with Crippen molar-refractivity contribution < 1.29 is 17.6 Å². The summed E-state index contributed by atoms with van der Waals surface area (Å²) in [7, 11) is 0. The van der Waals surface area contributed by atoms with Crippen LogP contribution in [0.25, 0.3) is 22.2 Å². The minimum Gasteiger partial charge on any atom is -0.287 e. The van der Waals surface area contributed by atoms with Crippen LogP contribution < -0.4 is 5.43 Å². The van der Waals surface area contributed by atoms with Crippen molar-refractivity contribution in [3.63, 3.8) is 0 Å². The molecular formula is C23H12ClF4N3O. The number of hydrogen-bond donors (Lipinski definition) is 0. The molecule has 0 aliphatic carbocycles. The summed E-state index contributed by atoms with van der Waals surface area (Å²) in [6.45, 7) is -0.123. The first-order chi connectivity index (χ1) is 15.2. The number of para-hydroxylation sites is 1. The lowest BCUT2D eigenvalue weighted by Gasteiger charge is -2.15. The van der Waals surface area contributed by atoms with Crippen molar-refractivity contribution in [3.05, 3.63) is 98.4 Å². The molecule has 0 atom stereocenters. The van der Waals surface area contributed by atoms with E-state index < -0.39 is 28.0 Å². The largest absolute Gasteiger partial charge is 0.417 e. The second-order valence-electron chi connectivity index (χ2n) is 6.94. The van der Waals surface area contributed by atoms with Crippen LogP contribution in [0.15, 0.2) is 65.5 Å². The highest BCUT2D eigenvalue weighted by atomic mass is 35.5. The zero-order valence-electron chi connectivity index (χ0n) is 16.1. The third-order valence-electron chi connectivity index (χ3n) is 4.92. The second-order valence-corrected chi connectivity index (χ2v) is 7.31. The first-order valence-electron chi connectivity index (χ1n) is 9.25. The van der Waals surface area contributed by atoms with Gasteiger partial charge in [-0.2, -0.15) is 23.5 Å². The second kappa shape index (κ2) is 8.09. The van der Waals surface area contributed by atoms with E-state index in [1.54, 1.807) is 18.2 Å². The Morgan fingerprint density at radius 3 is 2.50 bits per heavy atom. The van der Waals surface area contributed by atoms with Crippen LogP contribution in [0.3, 0.4) is 0 Å². The summed E-state index contributed by atoms with van der Waals surface area (Å²) in [5, 5.41) is 12.7. The summed E-state index contributed by atoms with van der Waals surface area (Å²) in [4.78, 5) is 13.1. The topological polar surface area (TPSA) is 58.7 Å². The molecule has 32 heavy (non-hydrogen) atoms. The van der Waals surface area contributed by atoms with Gasteiger partial charge in [-0.05, 0) is 30.3 Å². The predicted octanol–water partition coefficient (Wildman–Crippen LogP) is 5.79. The Morgan fingerprint density at radius 2 is 1.81 bits per heavy atom. The van der Waals surface area contributed by atoms with Gasteiger partial charge in [0, 0.05) is 16.5 Å². The molecular weight excluding hydrogens is 446 g/mol. The summed E-state index contributed by atoms with van der Waals surface area (Å²) >= 11 is 6.02. The molecule has 0 saturated carbocycles. The Morgan fingerprint density at radius 1 is 1.06 bits per heavy atom. The molecule has 1 heterocycles. The Bertz CT molecular complexity index is 1450. The lowest BCUT2D eigenvalue weighted by molar-refractivity contribution is -0.137. The molecule has 0 unspecified atom stereocenters. The lowest BCUT2D eigenvalue weighted by Crippen LogP contribution is -2.18. The van der Waals surface area contributed by atoms with Gasteiger partial charge in [0.2, 0.25) is 5.43 Å². The average Bonchev–Trinajstić information content (AvgIpc) is 2.76. The number of alkyl halides is 3. The minimum atomic E-state index is -4.71. The molecule has 1 aromatic heterocycles. The molecule has 0 amide bonds. The van der Waals surface area contributed by atoms with E-state index in [4.69, 9.17) is 16.9 Å². The normalized spacial score (nSPS) is 11.5. The summed E-state index contributed by atoms with van der Waals surface area (Å²) < 4.78 is 55.8. The molecule has 0 bridgehead atoms. The van der Waals surface area contributed by atoms with Crippen LogP contribution in [0.5, 0.6) is 0 Å². The molecule has 0 aliphatic heterocycles. The zero-order valence-corrected chi connectivity index (χ0v) is 16.9. The SMILES string of the molecule is N#Cc1ccc(Cn2nc(-c3cccc(C(F)(F)F)c3Cl)c(=O)c3ccccc32)c(F)c1. The van der Waals surface area contributed by atoms with Crippen LogP contribution in [0, 0.1) is 17.1 Å². The third-order valence-corrected chi connectivity index (χ3v) is 5.33. The lowest BCUT2D eigenvalue weighted by atomic mass is 10.0. The quantitative estimate of drug-likeness (QED) is 0.366. The Hall–Kier alpha value is -3.70. The third kappa shape index (κ3) is 3.83. The molecule has 4 nitrogen and oxygen atoms in total. The van der Waals surface area contributed by atoms with Gasteiger partial charge >= 0.3 is 6.18 Å². The summed E-state index contributed by atoms with van der Waals surface area (Å²) in [6.07, 6.45) is -4.71. The van der Waals surface area contributed by atoms with E-state index in [2.05, 4.69) is 5.10 Å². The number of fused-ring (bicyclic) bond motifs is 1. The first-order valence-corrected chi connectivity index (χ1v) is 9.63. The van der Waals surface area contributed by atoms with Crippen LogP contribution >= 0.6 is 11.6 Å². The summed E-state index contributed by atoms with van der Waals surface area (Å²) in [6, 6.07) is 15.4. The van der Waals surface area contributed by atoms with Gasteiger partial charge < -0.3 is 0 Å². The van der Waals surface area contributed by atoms with Gasteiger partial charge in [0.1, 0.15) is 11.5 Å². The van der Waals surface area contributed by atoms with Crippen LogP contribution in [-0.2, 0) is 12.7 Å². The standard InChI is InChI=1S/C23H12ClF4N3O/c24-20-16(5-3-6-17(20)23(26,27)28)21-22(32)15-4-1-2-7-19(15)31(30-21)12-14-9-8-13(11-29)10-18(14)25/h1-10H,12H2. The molecule has 160 valence electrons. The number of rotatable bonds is 3. The number of halogens is 5. The number of aromatic nitrogens is 2. The van der Waals surface area contributed by atoms with Crippen LogP contribution in [0.2, 0.25) is 5.02 Å². The molecule has 4 aromatic rings. The fraction of sp³-hybridized carbons (Fsp3) is 0.0870. The van der Waals surface area contributed by atoms with Gasteiger partial charge in [-0.1, -0.05) is 41.9 Å². The minimum absolute atomic E-state index is 0.123. The van der Waals surface area contributed by atoms with E-state index in [-0.39, 0.29) is 34.3 Å². The van der Waals surface area contributed by atoms with Crippen molar-refractivity contribution in [1.82, 2.24) is 9.78 Å². The molecule has 9 heteroatoms. The van der Waals surface area contributed by atoms with Crippen molar-refractivity contribution in [2.24, 2.45) is 0 Å². The average molecular weight is 458 g/mol. The van der Waals surface area contributed by atoms with Crippen molar-refractivity contribution in [1.29, 1.82) is 5.26 Å². The van der Waals surface area contributed by atoms with E-state index in [1.165, 1.54) is 28.9 Å². The zero-order chi connectivity index (χ0) is 23.0. The molecule has 0 N–H and O–H groups in total. The summed E-state index contributed by atoms with van der Waals surface area (Å²) in [5.74, 6) is -0.646. The maximum atomic E-state index is 14.5.